The van der Waals surface area contributed by atoms with Gasteiger partial charge in [-0.05, 0) is 44.1 Å². The van der Waals surface area contributed by atoms with Gasteiger partial charge in [0.05, 0.1) is 0 Å². The van der Waals surface area contributed by atoms with Crippen molar-refractivity contribution in [3.8, 4) is 0 Å². The smallest absolute Gasteiger partial charge is 0.0468 e. The first-order chi connectivity index (χ1) is 6.94. The van der Waals surface area contributed by atoms with E-state index in [4.69, 9.17) is 5.11 Å². The third kappa shape index (κ3) is 4.12. The van der Waals surface area contributed by atoms with Gasteiger partial charge in [0.2, 0.25) is 0 Å². The molecule has 0 heterocycles. The summed E-state index contributed by atoms with van der Waals surface area (Å²) in [6.07, 6.45) is 5.33. The maximum atomic E-state index is 9.04. The third-order valence-electron chi connectivity index (χ3n) is 3.84. The molecule has 1 aliphatic carbocycles. The Hall–Kier alpha value is -0.0800. The number of aliphatic hydroxyl groups excluding tert-OH is 1. The summed E-state index contributed by atoms with van der Waals surface area (Å²) in [5.74, 6) is 0.407. The van der Waals surface area contributed by atoms with Crippen LogP contribution in [0.25, 0.3) is 0 Å². The first-order valence-corrected chi connectivity index (χ1v) is 6.26. The van der Waals surface area contributed by atoms with Gasteiger partial charge in [0.1, 0.15) is 0 Å². The fourth-order valence-electron chi connectivity index (χ4n) is 2.52. The Balaban J connectivity index is 2.33. The van der Waals surface area contributed by atoms with Crippen LogP contribution in [0.1, 0.15) is 46.5 Å². The van der Waals surface area contributed by atoms with E-state index in [1.165, 1.54) is 25.7 Å². The highest BCUT2D eigenvalue weighted by molar-refractivity contribution is 4.83. The zero-order valence-electron chi connectivity index (χ0n) is 10.8. The molecule has 0 aliphatic heterocycles. The molecule has 15 heavy (non-hydrogen) atoms. The number of aliphatic hydroxyl groups is 1. The molecule has 1 N–H and O–H groups in total. The van der Waals surface area contributed by atoms with Crippen LogP contribution in [0, 0.1) is 11.3 Å². The fourth-order valence-corrected chi connectivity index (χ4v) is 2.52. The third-order valence-corrected chi connectivity index (χ3v) is 3.84. The zero-order chi connectivity index (χ0) is 11.5. The van der Waals surface area contributed by atoms with Gasteiger partial charge in [0.25, 0.3) is 0 Å². The molecule has 90 valence electrons. The van der Waals surface area contributed by atoms with Gasteiger partial charge in [-0.15, -0.1) is 0 Å². The average molecular weight is 213 g/mol. The van der Waals surface area contributed by atoms with Crippen molar-refractivity contribution in [3.05, 3.63) is 0 Å². The molecule has 1 atom stereocenters. The van der Waals surface area contributed by atoms with E-state index >= 15 is 0 Å². The predicted molar refractivity (Wildman–Crippen MR) is 64.9 cm³/mol. The van der Waals surface area contributed by atoms with Crippen molar-refractivity contribution >= 4 is 0 Å². The highest BCUT2D eigenvalue weighted by Crippen LogP contribution is 2.36. The first-order valence-electron chi connectivity index (χ1n) is 6.26. The molecule has 1 aliphatic rings. The molecule has 0 aromatic heterocycles. The Morgan fingerprint density at radius 2 is 1.87 bits per heavy atom. The molecule has 1 unspecified atom stereocenters. The molecule has 0 aromatic rings. The van der Waals surface area contributed by atoms with E-state index in [-0.39, 0.29) is 0 Å². The SMILES string of the molecule is CC(CO)CN(C)C1CCC(C)(C)CC1. The molecule has 0 aromatic carbocycles. The monoisotopic (exact) mass is 213 g/mol. The highest BCUT2D eigenvalue weighted by Gasteiger charge is 2.28. The summed E-state index contributed by atoms with van der Waals surface area (Å²) < 4.78 is 0. The Morgan fingerprint density at radius 3 is 2.33 bits per heavy atom. The van der Waals surface area contributed by atoms with Crippen LogP contribution in [-0.2, 0) is 0 Å². The van der Waals surface area contributed by atoms with Crippen LogP contribution in [0.5, 0.6) is 0 Å². The van der Waals surface area contributed by atoms with Gasteiger partial charge < -0.3 is 10.0 Å². The minimum atomic E-state index is 0.308. The number of hydrogen-bond acceptors (Lipinski definition) is 2. The van der Waals surface area contributed by atoms with Gasteiger partial charge in [-0.1, -0.05) is 20.8 Å². The van der Waals surface area contributed by atoms with Gasteiger partial charge in [0.15, 0.2) is 0 Å². The molecular weight excluding hydrogens is 186 g/mol. The second kappa shape index (κ2) is 5.31. The molecule has 1 saturated carbocycles. The van der Waals surface area contributed by atoms with E-state index in [2.05, 4.69) is 32.7 Å². The molecule has 1 fully saturated rings. The van der Waals surface area contributed by atoms with Crippen LogP contribution in [0.3, 0.4) is 0 Å². The van der Waals surface area contributed by atoms with Crippen LogP contribution in [0.2, 0.25) is 0 Å². The van der Waals surface area contributed by atoms with Gasteiger partial charge >= 0.3 is 0 Å². The van der Waals surface area contributed by atoms with Gasteiger partial charge in [-0.25, -0.2) is 0 Å². The molecule has 0 bridgehead atoms. The van der Waals surface area contributed by atoms with Crippen LogP contribution in [-0.4, -0.2) is 36.2 Å². The molecule has 0 amide bonds. The lowest BCUT2D eigenvalue weighted by molar-refractivity contribution is 0.103. The topological polar surface area (TPSA) is 23.5 Å². The van der Waals surface area contributed by atoms with E-state index in [0.717, 1.165) is 12.6 Å². The Labute approximate surface area is 94.7 Å². The summed E-state index contributed by atoms with van der Waals surface area (Å²) in [6.45, 7) is 8.20. The molecule has 0 radical (unpaired) electrons. The van der Waals surface area contributed by atoms with Gasteiger partial charge in [-0.2, -0.15) is 0 Å². The van der Waals surface area contributed by atoms with Crippen molar-refractivity contribution in [1.82, 2.24) is 4.90 Å². The summed E-state index contributed by atoms with van der Waals surface area (Å²) in [7, 11) is 2.20. The minimum absolute atomic E-state index is 0.308. The molecule has 2 nitrogen and oxygen atoms in total. The van der Waals surface area contributed by atoms with Crippen molar-refractivity contribution in [2.75, 3.05) is 20.2 Å². The molecular formula is C13H27NO. The maximum absolute atomic E-state index is 9.04. The summed E-state index contributed by atoms with van der Waals surface area (Å²) >= 11 is 0. The summed E-state index contributed by atoms with van der Waals surface area (Å²) in [4.78, 5) is 2.44. The lowest BCUT2D eigenvalue weighted by Gasteiger charge is -2.39. The van der Waals surface area contributed by atoms with E-state index in [1.54, 1.807) is 0 Å². The average Bonchev–Trinajstić information content (AvgIpc) is 2.17. The second-order valence-electron chi connectivity index (χ2n) is 6.12. The van der Waals surface area contributed by atoms with Crippen LogP contribution >= 0.6 is 0 Å². The van der Waals surface area contributed by atoms with Crippen molar-refractivity contribution in [2.24, 2.45) is 11.3 Å². The van der Waals surface area contributed by atoms with Crippen molar-refractivity contribution in [1.29, 1.82) is 0 Å². The fraction of sp³-hybridized carbons (Fsp3) is 1.00. The molecule has 1 rings (SSSR count). The second-order valence-corrected chi connectivity index (χ2v) is 6.12. The van der Waals surface area contributed by atoms with Crippen molar-refractivity contribution in [3.63, 3.8) is 0 Å². The lowest BCUT2D eigenvalue weighted by atomic mass is 9.75. The van der Waals surface area contributed by atoms with E-state index in [1.807, 2.05) is 0 Å². The standard InChI is InChI=1S/C13H27NO/c1-11(10-15)9-14(4)12-5-7-13(2,3)8-6-12/h11-12,15H,5-10H2,1-4H3. The molecule has 0 spiro atoms. The number of hydrogen-bond donors (Lipinski definition) is 1. The highest BCUT2D eigenvalue weighted by atomic mass is 16.3. The van der Waals surface area contributed by atoms with E-state index in [0.29, 0.717) is 17.9 Å². The largest absolute Gasteiger partial charge is 0.396 e. The van der Waals surface area contributed by atoms with E-state index < -0.39 is 0 Å². The van der Waals surface area contributed by atoms with Crippen LogP contribution in [0.4, 0.5) is 0 Å². The predicted octanol–water partition coefficient (Wildman–Crippen LogP) is 2.52. The zero-order valence-corrected chi connectivity index (χ0v) is 10.8. The minimum Gasteiger partial charge on any atom is -0.396 e. The summed E-state index contributed by atoms with van der Waals surface area (Å²) in [5, 5.41) is 9.04. The first kappa shape index (κ1) is 13.0. The van der Waals surface area contributed by atoms with Crippen molar-refractivity contribution < 1.29 is 5.11 Å². The lowest BCUT2D eigenvalue weighted by Crippen LogP contribution is -2.39. The van der Waals surface area contributed by atoms with Crippen LogP contribution < -0.4 is 0 Å². The normalized spacial score (nSPS) is 24.4. The Kier molecular flexibility index (Phi) is 4.60. The van der Waals surface area contributed by atoms with Crippen molar-refractivity contribution in [2.45, 2.75) is 52.5 Å². The Bertz CT molecular complexity index is 181. The summed E-state index contributed by atoms with van der Waals surface area (Å²) in [5.41, 5.74) is 0.555. The maximum Gasteiger partial charge on any atom is 0.0468 e. The van der Waals surface area contributed by atoms with Gasteiger partial charge in [-0.3, -0.25) is 0 Å². The quantitative estimate of drug-likeness (QED) is 0.775. The number of nitrogens with zero attached hydrogens (tertiary/aromatic N) is 1. The summed E-state index contributed by atoms with van der Waals surface area (Å²) in [6, 6.07) is 0.743. The molecule has 0 saturated heterocycles. The number of rotatable bonds is 4. The van der Waals surface area contributed by atoms with E-state index in [9.17, 15) is 0 Å². The Morgan fingerprint density at radius 1 is 1.33 bits per heavy atom. The molecule has 2 heteroatoms. The van der Waals surface area contributed by atoms with Gasteiger partial charge in [0, 0.05) is 19.2 Å². The van der Waals surface area contributed by atoms with Crippen LogP contribution in [0.15, 0.2) is 0 Å².